The molecule has 0 N–H and O–H groups in total. The number of hydrogen-bond acceptors (Lipinski definition) is 2. The Bertz CT molecular complexity index is 680. The molecule has 0 unspecified atom stereocenters. The van der Waals surface area contributed by atoms with Crippen LogP contribution in [0.4, 0.5) is 0 Å². The molecular weight excluding hydrogens is 332 g/mol. The normalized spacial score (nSPS) is 33.6. The van der Waals surface area contributed by atoms with Gasteiger partial charge in [0.2, 0.25) is 5.91 Å². The summed E-state index contributed by atoms with van der Waals surface area (Å²) in [6.07, 6.45) is 8.78. The Kier molecular flexibility index (Phi) is 4.75. The maximum absolute atomic E-state index is 12.5. The minimum absolute atomic E-state index is 0.375. The van der Waals surface area contributed by atoms with Crippen molar-refractivity contribution in [3.8, 4) is 0 Å². The summed E-state index contributed by atoms with van der Waals surface area (Å²) in [7, 11) is 0. The third-order valence-corrected chi connectivity index (χ3v) is 7.88. The molecule has 4 fully saturated rings. The Balaban J connectivity index is 1.19. The van der Waals surface area contributed by atoms with E-state index in [-0.39, 0.29) is 0 Å². The number of carbonyl (C=O) groups excluding carboxylic acids is 1. The molecule has 2 aliphatic heterocycles. The van der Waals surface area contributed by atoms with E-state index in [4.69, 9.17) is 0 Å². The van der Waals surface area contributed by atoms with E-state index >= 15 is 0 Å². The summed E-state index contributed by atoms with van der Waals surface area (Å²) in [6, 6.07) is 10.3. The molecule has 27 heavy (non-hydrogen) atoms. The van der Waals surface area contributed by atoms with Crippen LogP contribution in [0.15, 0.2) is 24.3 Å². The van der Waals surface area contributed by atoms with Gasteiger partial charge in [-0.2, -0.15) is 0 Å². The monoisotopic (exact) mass is 366 g/mol. The first kappa shape index (κ1) is 17.7. The van der Waals surface area contributed by atoms with Gasteiger partial charge in [-0.05, 0) is 87.3 Å². The fraction of sp³-hybridized carbons (Fsp3) is 0.708. The summed E-state index contributed by atoms with van der Waals surface area (Å²) < 4.78 is 0. The first-order valence-corrected chi connectivity index (χ1v) is 11.3. The largest absolute Gasteiger partial charge is 0.342 e. The maximum atomic E-state index is 12.5. The van der Waals surface area contributed by atoms with E-state index in [9.17, 15) is 4.79 Å². The van der Waals surface area contributed by atoms with Gasteiger partial charge in [0.1, 0.15) is 0 Å². The lowest BCUT2D eigenvalue weighted by molar-refractivity contribution is -0.131. The van der Waals surface area contributed by atoms with E-state index < -0.39 is 0 Å². The van der Waals surface area contributed by atoms with Crippen LogP contribution in [-0.4, -0.2) is 47.9 Å². The average molecular weight is 367 g/mol. The van der Waals surface area contributed by atoms with Gasteiger partial charge >= 0.3 is 0 Å². The molecule has 1 aromatic rings. The SMILES string of the molecule is C[C@@H]1CCCN1CCc1ccc([C@H]2CC[C@@H]3CN(C(=O)C4CC4)C[C@@H]32)cc1. The zero-order chi connectivity index (χ0) is 18.4. The van der Waals surface area contributed by atoms with Crippen molar-refractivity contribution in [2.24, 2.45) is 17.8 Å². The molecule has 146 valence electrons. The number of benzene rings is 1. The lowest BCUT2D eigenvalue weighted by Gasteiger charge is -2.22. The minimum atomic E-state index is 0.375. The van der Waals surface area contributed by atoms with Crippen LogP contribution in [0.1, 0.15) is 62.5 Å². The van der Waals surface area contributed by atoms with Crippen LogP contribution >= 0.6 is 0 Å². The van der Waals surface area contributed by atoms with E-state index in [2.05, 4.69) is 41.0 Å². The molecule has 0 bridgehead atoms. The summed E-state index contributed by atoms with van der Waals surface area (Å²) >= 11 is 0. The van der Waals surface area contributed by atoms with Gasteiger partial charge in [0.25, 0.3) is 0 Å². The predicted octanol–water partition coefficient (Wildman–Crippen LogP) is 4.08. The molecule has 2 saturated heterocycles. The number of fused-ring (bicyclic) bond motifs is 1. The van der Waals surface area contributed by atoms with Gasteiger partial charge in [0.05, 0.1) is 0 Å². The van der Waals surface area contributed by atoms with Crippen molar-refractivity contribution in [3.05, 3.63) is 35.4 Å². The molecule has 0 spiro atoms. The van der Waals surface area contributed by atoms with Crippen LogP contribution < -0.4 is 0 Å². The van der Waals surface area contributed by atoms with Crippen LogP contribution in [0.2, 0.25) is 0 Å². The Labute approximate surface area is 164 Å². The second-order valence-corrected chi connectivity index (χ2v) is 9.64. The molecular formula is C24H34N2O. The van der Waals surface area contributed by atoms with Gasteiger partial charge in [-0.3, -0.25) is 4.79 Å². The Morgan fingerprint density at radius 1 is 1.04 bits per heavy atom. The van der Waals surface area contributed by atoms with E-state index in [1.54, 1.807) is 0 Å². The zero-order valence-electron chi connectivity index (χ0n) is 16.8. The molecule has 3 heteroatoms. The highest BCUT2D eigenvalue weighted by molar-refractivity contribution is 5.81. The van der Waals surface area contributed by atoms with Crippen LogP contribution in [0.5, 0.6) is 0 Å². The van der Waals surface area contributed by atoms with Gasteiger partial charge in [-0.1, -0.05) is 24.3 Å². The molecule has 4 atom stereocenters. The lowest BCUT2D eigenvalue weighted by Crippen LogP contribution is -2.31. The third kappa shape index (κ3) is 3.55. The molecule has 1 amide bonds. The number of hydrogen-bond donors (Lipinski definition) is 0. The van der Waals surface area contributed by atoms with Gasteiger partial charge < -0.3 is 9.80 Å². The van der Waals surface area contributed by atoms with Crippen molar-refractivity contribution in [2.45, 2.75) is 63.8 Å². The highest BCUT2D eigenvalue weighted by Crippen LogP contribution is 2.48. The fourth-order valence-electron chi connectivity index (χ4n) is 5.98. The van der Waals surface area contributed by atoms with Gasteiger partial charge in [0, 0.05) is 31.6 Å². The highest BCUT2D eigenvalue weighted by Gasteiger charge is 2.46. The second kappa shape index (κ2) is 7.24. The summed E-state index contributed by atoms with van der Waals surface area (Å²) in [5.74, 6) is 2.94. The van der Waals surface area contributed by atoms with E-state index in [0.717, 1.165) is 37.9 Å². The van der Waals surface area contributed by atoms with Crippen molar-refractivity contribution >= 4 is 5.91 Å². The van der Waals surface area contributed by atoms with Crippen LogP contribution in [0, 0.1) is 17.8 Å². The van der Waals surface area contributed by atoms with Gasteiger partial charge in [-0.15, -0.1) is 0 Å². The molecule has 4 aliphatic rings. The van der Waals surface area contributed by atoms with E-state index in [1.807, 2.05) is 0 Å². The smallest absolute Gasteiger partial charge is 0.225 e. The Morgan fingerprint density at radius 3 is 2.56 bits per heavy atom. The fourth-order valence-corrected chi connectivity index (χ4v) is 5.98. The molecule has 2 saturated carbocycles. The topological polar surface area (TPSA) is 23.6 Å². The van der Waals surface area contributed by atoms with Crippen LogP contribution in [0.25, 0.3) is 0 Å². The summed E-state index contributed by atoms with van der Waals surface area (Å²) in [4.78, 5) is 17.3. The molecule has 0 aromatic heterocycles. The molecule has 2 heterocycles. The summed E-state index contributed by atoms with van der Waals surface area (Å²) in [6.45, 7) is 6.89. The number of nitrogens with zero attached hydrogens (tertiary/aromatic N) is 2. The van der Waals surface area contributed by atoms with E-state index in [0.29, 0.717) is 23.7 Å². The molecule has 0 radical (unpaired) electrons. The first-order chi connectivity index (χ1) is 13.2. The van der Waals surface area contributed by atoms with Crippen LogP contribution in [-0.2, 0) is 11.2 Å². The van der Waals surface area contributed by atoms with Gasteiger partial charge in [0.15, 0.2) is 0 Å². The molecule has 5 rings (SSSR count). The standard InChI is InChI=1S/C24H34N2O/c1-17-3-2-13-25(17)14-12-18-4-6-19(7-5-18)22-11-10-21-15-26(16-23(21)22)24(27)20-8-9-20/h4-7,17,20-23H,2-3,8-16H2,1H3/t17-,21-,22-,23+/m1/s1. The Hall–Kier alpha value is -1.35. The van der Waals surface area contributed by atoms with Crippen molar-refractivity contribution in [1.82, 2.24) is 9.80 Å². The molecule has 2 aliphatic carbocycles. The molecule has 3 nitrogen and oxygen atoms in total. The molecule has 1 aromatic carbocycles. The summed E-state index contributed by atoms with van der Waals surface area (Å²) in [5, 5.41) is 0. The van der Waals surface area contributed by atoms with E-state index in [1.165, 1.54) is 56.3 Å². The zero-order valence-corrected chi connectivity index (χ0v) is 16.8. The quantitative estimate of drug-likeness (QED) is 0.784. The number of rotatable bonds is 5. The van der Waals surface area contributed by atoms with Gasteiger partial charge in [-0.25, -0.2) is 0 Å². The second-order valence-electron chi connectivity index (χ2n) is 9.64. The predicted molar refractivity (Wildman–Crippen MR) is 109 cm³/mol. The maximum Gasteiger partial charge on any atom is 0.225 e. The first-order valence-electron chi connectivity index (χ1n) is 11.3. The number of likely N-dealkylation sites (tertiary alicyclic amines) is 2. The average Bonchev–Trinajstić information content (AvgIpc) is 3.13. The number of amides is 1. The number of carbonyl (C=O) groups is 1. The van der Waals surface area contributed by atoms with Crippen molar-refractivity contribution in [3.63, 3.8) is 0 Å². The van der Waals surface area contributed by atoms with Crippen molar-refractivity contribution in [2.75, 3.05) is 26.2 Å². The lowest BCUT2D eigenvalue weighted by atomic mass is 9.86. The third-order valence-electron chi connectivity index (χ3n) is 7.88. The van der Waals surface area contributed by atoms with Crippen LogP contribution in [0.3, 0.4) is 0 Å². The highest BCUT2D eigenvalue weighted by atomic mass is 16.2. The van der Waals surface area contributed by atoms with Crippen molar-refractivity contribution < 1.29 is 4.79 Å². The van der Waals surface area contributed by atoms with Crippen molar-refractivity contribution in [1.29, 1.82) is 0 Å². The Morgan fingerprint density at radius 2 is 1.85 bits per heavy atom. The summed E-state index contributed by atoms with van der Waals surface area (Å²) in [5.41, 5.74) is 2.99. The minimum Gasteiger partial charge on any atom is -0.342 e.